The van der Waals surface area contributed by atoms with Gasteiger partial charge in [0.15, 0.2) is 11.6 Å². The van der Waals surface area contributed by atoms with E-state index in [1.165, 1.54) is 38.5 Å². The summed E-state index contributed by atoms with van der Waals surface area (Å²) >= 11 is 2.99. The van der Waals surface area contributed by atoms with E-state index in [0.29, 0.717) is 12.0 Å². The zero-order valence-corrected chi connectivity index (χ0v) is 13.2. The van der Waals surface area contributed by atoms with Crippen LogP contribution in [0, 0.1) is 11.6 Å². The largest absolute Gasteiger partial charge is 0.203 e. The van der Waals surface area contributed by atoms with Crippen molar-refractivity contribution < 1.29 is 8.78 Å². The first-order chi connectivity index (χ1) is 9.16. The maximum atomic E-state index is 13.6. The summed E-state index contributed by atoms with van der Waals surface area (Å²) in [6.45, 7) is 2.21. The Bertz CT molecular complexity index is 377. The lowest BCUT2D eigenvalue weighted by Crippen LogP contribution is -1.95. The maximum Gasteiger partial charge on any atom is 0.173 e. The first-order valence-corrected chi connectivity index (χ1v) is 8.08. The van der Waals surface area contributed by atoms with Gasteiger partial charge in [-0.15, -0.1) is 0 Å². The van der Waals surface area contributed by atoms with E-state index in [9.17, 15) is 8.78 Å². The molecule has 0 radical (unpaired) electrons. The quantitative estimate of drug-likeness (QED) is 0.362. The molecule has 0 saturated carbocycles. The molecule has 0 nitrogen and oxygen atoms in total. The molecule has 108 valence electrons. The Morgan fingerprint density at radius 1 is 0.842 bits per heavy atom. The Balaban J connectivity index is 2.18. The van der Waals surface area contributed by atoms with Crippen LogP contribution in [0.15, 0.2) is 16.6 Å². The molecule has 0 saturated heterocycles. The van der Waals surface area contributed by atoms with E-state index in [-0.39, 0.29) is 4.47 Å². The van der Waals surface area contributed by atoms with Gasteiger partial charge in [-0.1, -0.05) is 57.9 Å². The van der Waals surface area contributed by atoms with Gasteiger partial charge in [-0.2, -0.15) is 0 Å². The Morgan fingerprint density at radius 2 is 1.42 bits per heavy atom. The van der Waals surface area contributed by atoms with Crippen molar-refractivity contribution in [2.75, 3.05) is 0 Å². The normalized spacial score (nSPS) is 10.9. The van der Waals surface area contributed by atoms with Gasteiger partial charge >= 0.3 is 0 Å². The lowest BCUT2D eigenvalue weighted by molar-refractivity contribution is 0.490. The molecule has 1 aromatic carbocycles. The Labute approximate surface area is 123 Å². The molecule has 0 fully saturated rings. The molecule has 0 aromatic heterocycles. The van der Waals surface area contributed by atoms with Gasteiger partial charge in [0.25, 0.3) is 0 Å². The first-order valence-electron chi connectivity index (χ1n) is 7.29. The smallest absolute Gasteiger partial charge is 0.173 e. The number of aryl methyl sites for hydroxylation is 1. The SMILES string of the molecule is CCCCCCCCCCc1ccc(Br)c(F)c1F. The van der Waals surface area contributed by atoms with Gasteiger partial charge in [-0.05, 0) is 40.4 Å². The third-order valence-electron chi connectivity index (χ3n) is 3.41. The first kappa shape index (κ1) is 16.6. The fraction of sp³-hybridized carbons (Fsp3) is 0.625. The van der Waals surface area contributed by atoms with Crippen molar-refractivity contribution in [2.24, 2.45) is 0 Å². The number of benzene rings is 1. The van der Waals surface area contributed by atoms with Crippen LogP contribution in [-0.4, -0.2) is 0 Å². The molecule has 0 aliphatic rings. The van der Waals surface area contributed by atoms with Crippen LogP contribution in [0.4, 0.5) is 8.78 Å². The van der Waals surface area contributed by atoms with Crippen LogP contribution in [0.5, 0.6) is 0 Å². The maximum absolute atomic E-state index is 13.6. The second-order valence-corrected chi connectivity index (χ2v) is 5.91. The average molecular weight is 333 g/mol. The van der Waals surface area contributed by atoms with E-state index in [1.54, 1.807) is 12.1 Å². The van der Waals surface area contributed by atoms with Crippen molar-refractivity contribution in [1.82, 2.24) is 0 Å². The van der Waals surface area contributed by atoms with Crippen molar-refractivity contribution in [3.05, 3.63) is 33.8 Å². The van der Waals surface area contributed by atoms with Gasteiger partial charge in [0.1, 0.15) is 0 Å². The van der Waals surface area contributed by atoms with E-state index in [4.69, 9.17) is 0 Å². The molecule has 0 heterocycles. The van der Waals surface area contributed by atoms with Crippen LogP contribution in [-0.2, 0) is 6.42 Å². The minimum absolute atomic E-state index is 0.199. The van der Waals surface area contributed by atoms with E-state index >= 15 is 0 Å². The second-order valence-electron chi connectivity index (χ2n) is 5.06. The van der Waals surface area contributed by atoms with Crippen LogP contribution in [0.3, 0.4) is 0 Å². The molecule has 0 unspecified atom stereocenters. The molecular formula is C16H23BrF2. The van der Waals surface area contributed by atoms with Crippen molar-refractivity contribution >= 4 is 15.9 Å². The van der Waals surface area contributed by atoms with Crippen molar-refractivity contribution in [3.63, 3.8) is 0 Å². The minimum Gasteiger partial charge on any atom is -0.203 e. The zero-order valence-electron chi connectivity index (χ0n) is 11.7. The fourth-order valence-electron chi connectivity index (χ4n) is 2.21. The van der Waals surface area contributed by atoms with Gasteiger partial charge in [0.05, 0.1) is 4.47 Å². The summed E-state index contributed by atoms with van der Waals surface area (Å²) in [7, 11) is 0. The third kappa shape index (κ3) is 6.03. The molecular weight excluding hydrogens is 310 g/mol. The molecule has 3 heteroatoms. The van der Waals surface area contributed by atoms with E-state index in [1.807, 2.05) is 0 Å². The van der Waals surface area contributed by atoms with Gasteiger partial charge in [0.2, 0.25) is 0 Å². The van der Waals surface area contributed by atoms with Crippen LogP contribution in [0.25, 0.3) is 0 Å². The minimum atomic E-state index is -0.767. The molecule has 0 N–H and O–H groups in total. The highest BCUT2D eigenvalue weighted by atomic mass is 79.9. The fourth-order valence-corrected chi connectivity index (χ4v) is 2.51. The Hall–Kier alpha value is -0.440. The number of halogens is 3. The standard InChI is InChI=1S/C16H23BrF2/c1-2-3-4-5-6-7-8-9-10-13-11-12-14(17)16(19)15(13)18/h11-12H,2-10H2,1H3. The molecule has 0 amide bonds. The topological polar surface area (TPSA) is 0 Å². The number of rotatable bonds is 9. The summed E-state index contributed by atoms with van der Waals surface area (Å²) in [5.74, 6) is -1.46. The van der Waals surface area contributed by atoms with Gasteiger partial charge in [-0.3, -0.25) is 0 Å². The predicted octanol–water partition coefficient (Wildman–Crippen LogP) is 6.41. The molecule has 0 spiro atoms. The van der Waals surface area contributed by atoms with Crippen molar-refractivity contribution in [3.8, 4) is 0 Å². The van der Waals surface area contributed by atoms with Crippen LogP contribution < -0.4 is 0 Å². The highest BCUT2D eigenvalue weighted by Gasteiger charge is 2.11. The van der Waals surface area contributed by atoms with Gasteiger partial charge in [-0.25, -0.2) is 8.78 Å². The number of hydrogen-bond acceptors (Lipinski definition) is 0. The summed E-state index contributed by atoms with van der Waals surface area (Å²) in [6.07, 6.45) is 10.3. The molecule has 0 atom stereocenters. The van der Waals surface area contributed by atoms with E-state index < -0.39 is 11.6 Å². The van der Waals surface area contributed by atoms with Gasteiger partial charge < -0.3 is 0 Å². The molecule has 0 aliphatic heterocycles. The summed E-state index contributed by atoms with van der Waals surface area (Å²) in [6, 6.07) is 3.25. The highest BCUT2D eigenvalue weighted by Crippen LogP contribution is 2.22. The summed E-state index contributed by atoms with van der Waals surface area (Å²) in [5, 5.41) is 0. The predicted molar refractivity (Wildman–Crippen MR) is 80.4 cm³/mol. The van der Waals surface area contributed by atoms with Crippen molar-refractivity contribution in [1.29, 1.82) is 0 Å². The lowest BCUT2D eigenvalue weighted by atomic mass is 10.0. The third-order valence-corrected chi connectivity index (χ3v) is 4.03. The number of hydrogen-bond donors (Lipinski definition) is 0. The average Bonchev–Trinajstić information content (AvgIpc) is 2.41. The van der Waals surface area contributed by atoms with Crippen LogP contribution in [0.2, 0.25) is 0 Å². The Morgan fingerprint density at radius 3 is 2.05 bits per heavy atom. The zero-order chi connectivity index (χ0) is 14.1. The lowest BCUT2D eigenvalue weighted by Gasteiger charge is -2.05. The van der Waals surface area contributed by atoms with E-state index in [0.717, 1.165) is 12.8 Å². The number of unbranched alkanes of at least 4 members (excludes halogenated alkanes) is 7. The summed E-state index contributed by atoms with van der Waals surface area (Å²) < 4.78 is 27.1. The Kier molecular flexibility index (Phi) is 8.27. The summed E-state index contributed by atoms with van der Waals surface area (Å²) in [5.41, 5.74) is 0.492. The van der Waals surface area contributed by atoms with Gasteiger partial charge in [0, 0.05) is 0 Å². The monoisotopic (exact) mass is 332 g/mol. The summed E-state index contributed by atoms with van der Waals surface area (Å²) in [4.78, 5) is 0. The van der Waals surface area contributed by atoms with Crippen LogP contribution in [0.1, 0.15) is 63.9 Å². The highest BCUT2D eigenvalue weighted by molar-refractivity contribution is 9.10. The molecule has 1 rings (SSSR count). The molecule has 19 heavy (non-hydrogen) atoms. The molecule has 0 aliphatic carbocycles. The molecule has 0 bridgehead atoms. The second kappa shape index (κ2) is 9.46. The van der Waals surface area contributed by atoms with Crippen LogP contribution >= 0.6 is 15.9 Å². The van der Waals surface area contributed by atoms with E-state index in [2.05, 4.69) is 22.9 Å². The van der Waals surface area contributed by atoms with Crippen molar-refractivity contribution in [2.45, 2.75) is 64.7 Å². The molecule has 1 aromatic rings.